The average molecular weight is 329 g/mol. The Bertz CT molecular complexity index is 773. The van der Waals surface area contributed by atoms with Gasteiger partial charge in [0, 0.05) is 36.3 Å². The number of carbonyl (C=O) groups is 2. The molecule has 5 heteroatoms. The molecular formula is C18H17ClN2O2. The molecule has 1 N–H and O–H groups in total. The molecule has 0 saturated heterocycles. The molecule has 0 fully saturated rings. The second-order valence-corrected chi connectivity index (χ2v) is 6.15. The van der Waals surface area contributed by atoms with E-state index >= 15 is 0 Å². The highest BCUT2D eigenvalue weighted by molar-refractivity contribution is 6.30. The summed E-state index contributed by atoms with van der Waals surface area (Å²) in [5, 5.41) is 3.48. The van der Waals surface area contributed by atoms with E-state index in [4.69, 9.17) is 11.6 Å². The SMILES string of the molecule is CN(Cc1cccc(Cl)c1)C(=O)c1ccc2c(c1)CCC(=O)N2. The summed E-state index contributed by atoms with van der Waals surface area (Å²) >= 11 is 5.98. The Morgan fingerprint density at radius 2 is 2.04 bits per heavy atom. The fourth-order valence-corrected chi connectivity index (χ4v) is 2.93. The van der Waals surface area contributed by atoms with Crippen LogP contribution >= 0.6 is 11.6 Å². The number of nitrogens with one attached hydrogen (secondary N) is 1. The maximum Gasteiger partial charge on any atom is 0.253 e. The van der Waals surface area contributed by atoms with Crippen LogP contribution in [0.1, 0.15) is 27.9 Å². The maximum atomic E-state index is 12.6. The van der Waals surface area contributed by atoms with Gasteiger partial charge >= 0.3 is 0 Å². The van der Waals surface area contributed by atoms with Crippen molar-refractivity contribution in [3.05, 3.63) is 64.2 Å². The number of halogens is 1. The van der Waals surface area contributed by atoms with E-state index < -0.39 is 0 Å². The summed E-state index contributed by atoms with van der Waals surface area (Å²) in [4.78, 5) is 25.6. The lowest BCUT2D eigenvalue weighted by molar-refractivity contribution is -0.116. The molecule has 0 unspecified atom stereocenters. The van der Waals surface area contributed by atoms with Gasteiger partial charge in [-0.3, -0.25) is 9.59 Å². The summed E-state index contributed by atoms with van der Waals surface area (Å²) in [5.74, 6) is -0.0284. The molecule has 0 atom stereocenters. The van der Waals surface area contributed by atoms with Crippen LogP contribution in [-0.4, -0.2) is 23.8 Å². The number of benzene rings is 2. The molecule has 2 amide bonds. The Hall–Kier alpha value is -2.33. The van der Waals surface area contributed by atoms with E-state index in [0.717, 1.165) is 16.8 Å². The van der Waals surface area contributed by atoms with Crippen molar-refractivity contribution in [3.8, 4) is 0 Å². The maximum absolute atomic E-state index is 12.6. The van der Waals surface area contributed by atoms with Crippen LogP contribution in [-0.2, 0) is 17.8 Å². The number of nitrogens with zero attached hydrogens (tertiary/aromatic N) is 1. The zero-order valence-electron chi connectivity index (χ0n) is 12.8. The Balaban J connectivity index is 1.76. The first-order valence-electron chi connectivity index (χ1n) is 7.45. The summed E-state index contributed by atoms with van der Waals surface area (Å²) in [6.45, 7) is 0.493. The van der Waals surface area contributed by atoms with Gasteiger partial charge in [0.25, 0.3) is 5.91 Å². The monoisotopic (exact) mass is 328 g/mol. The molecule has 0 bridgehead atoms. The molecule has 23 heavy (non-hydrogen) atoms. The number of anilines is 1. The molecule has 3 rings (SSSR count). The van der Waals surface area contributed by atoms with Crippen LogP contribution in [0, 0.1) is 0 Å². The van der Waals surface area contributed by atoms with Gasteiger partial charge < -0.3 is 10.2 Å². The number of aryl methyl sites for hydroxylation is 1. The van der Waals surface area contributed by atoms with Gasteiger partial charge in [-0.15, -0.1) is 0 Å². The summed E-state index contributed by atoms with van der Waals surface area (Å²) in [7, 11) is 1.77. The largest absolute Gasteiger partial charge is 0.337 e. The van der Waals surface area contributed by atoms with E-state index in [0.29, 0.717) is 30.0 Å². The topological polar surface area (TPSA) is 49.4 Å². The Kier molecular flexibility index (Phi) is 4.35. The smallest absolute Gasteiger partial charge is 0.253 e. The molecular weight excluding hydrogens is 312 g/mol. The van der Waals surface area contributed by atoms with Gasteiger partial charge in [0.05, 0.1) is 0 Å². The van der Waals surface area contributed by atoms with Gasteiger partial charge in [-0.1, -0.05) is 23.7 Å². The molecule has 0 aromatic heterocycles. The third kappa shape index (κ3) is 3.54. The Morgan fingerprint density at radius 1 is 1.22 bits per heavy atom. The minimum absolute atomic E-state index is 0.0228. The molecule has 0 saturated carbocycles. The highest BCUT2D eigenvalue weighted by Gasteiger charge is 2.18. The quantitative estimate of drug-likeness (QED) is 0.937. The Morgan fingerprint density at radius 3 is 2.83 bits per heavy atom. The number of rotatable bonds is 3. The minimum atomic E-state index is -0.0512. The van der Waals surface area contributed by atoms with Crippen molar-refractivity contribution in [1.82, 2.24) is 4.90 Å². The molecule has 1 aliphatic rings. The summed E-state index contributed by atoms with van der Waals surface area (Å²) in [6, 6.07) is 12.9. The molecule has 0 radical (unpaired) electrons. The molecule has 1 heterocycles. The highest BCUT2D eigenvalue weighted by Crippen LogP contribution is 2.24. The van der Waals surface area contributed by atoms with Crippen LogP contribution in [0.25, 0.3) is 0 Å². The van der Waals surface area contributed by atoms with E-state index in [-0.39, 0.29) is 11.8 Å². The average Bonchev–Trinajstić information content (AvgIpc) is 2.53. The molecule has 118 valence electrons. The first-order chi connectivity index (χ1) is 11.0. The molecule has 0 aliphatic carbocycles. The molecule has 2 aromatic rings. The lowest BCUT2D eigenvalue weighted by Gasteiger charge is -2.20. The zero-order chi connectivity index (χ0) is 16.4. The molecule has 2 aromatic carbocycles. The number of amides is 2. The van der Waals surface area contributed by atoms with Gasteiger partial charge in [-0.25, -0.2) is 0 Å². The zero-order valence-corrected chi connectivity index (χ0v) is 13.6. The van der Waals surface area contributed by atoms with Gasteiger partial charge in [0.2, 0.25) is 5.91 Å². The van der Waals surface area contributed by atoms with Crippen molar-refractivity contribution in [2.24, 2.45) is 0 Å². The van der Waals surface area contributed by atoms with Gasteiger partial charge in [-0.2, -0.15) is 0 Å². The number of hydrogen-bond donors (Lipinski definition) is 1. The number of hydrogen-bond acceptors (Lipinski definition) is 2. The second kappa shape index (κ2) is 6.42. The first-order valence-corrected chi connectivity index (χ1v) is 7.83. The van der Waals surface area contributed by atoms with Crippen LogP contribution in [0.15, 0.2) is 42.5 Å². The van der Waals surface area contributed by atoms with Crippen molar-refractivity contribution in [3.63, 3.8) is 0 Å². The predicted octanol–water partition coefficient (Wildman–Crippen LogP) is 3.50. The van der Waals surface area contributed by atoms with Crippen molar-refractivity contribution < 1.29 is 9.59 Å². The van der Waals surface area contributed by atoms with Crippen LogP contribution in [0.3, 0.4) is 0 Å². The summed E-state index contributed by atoms with van der Waals surface area (Å²) < 4.78 is 0. The normalized spacial score (nSPS) is 13.2. The van der Waals surface area contributed by atoms with Gasteiger partial charge in [0.15, 0.2) is 0 Å². The number of fused-ring (bicyclic) bond motifs is 1. The van der Waals surface area contributed by atoms with E-state index in [1.807, 2.05) is 30.3 Å². The molecule has 0 spiro atoms. The number of carbonyl (C=O) groups excluding carboxylic acids is 2. The Labute approximate surface area is 140 Å². The van der Waals surface area contributed by atoms with Gasteiger partial charge in [-0.05, 0) is 47.9 Å². The van der Waals surface area contributed by atoms with E-state index in [9.17, 15) is 9.59 Å². The second-order valence-electron chi connectivity index (χ2n) is 5.71. The molecule has 4 nitrogen and oxygen atoms in total. The van der Waals surface area contributed by atoms with Crippen molar-refractivity contribution in [2.75, 3.05) is 12.4 Å². The standard InChI is InChI=1S/C18H17ClN2O2/c1-21(11-12-3-2-4-15(19)9-12)18(23)14-5-7-16-13(10-14)6-8-17(22)20-16/h2-5,7,9-10H,6,8,11H2,1H3,(H,20,22). The lowest BCUT2D eigenvalue weighted by atomic mass is 10.00. The minimum Gasteiger partial charge on any atom is -0.337 e. The highest BCUT2D eigenvalue weighted by atomic mass is 35.5. The fourth-order valence-electron chi connectivity index (χ4n) is 2.72. The van der Waals surface area contributed by atoms with Crippen molar-refractivity contribution in [2.45, 2.75) is 19.4 Å². The first kappa shape index (κ1) is 15.6. The summed E-state index contributed by atoms with van der Waals surface area (Å²) in [5.41, 5.74) is 3.42. The third-order valence-corrected chi connectivity index (χ3v) is 4.14. The van der Waals surface area contributed by atoms with E-state index in [2.05, 4.69) is 5.32 Å². The van der Waals surface area contributed by atoms with Crippen LogP contribution in [0.5, 0.6) is 0 Å². The van der Waals surface area contributed by atoms with E-state index in [1.54, 1.807) is 24.1 Å². The van der Waals surface area contributed by atoms with Crippen LogP contribution in [0.4, 0.5) is 5.69 Å². The van der Waals surface area contributed by atoms with Crippen LogP contribution < -0.4 is 5.32 Å². The third-order valence-electron chi connectivity index (χ3n) is 3.90. The van der Waals surface area contributed by atoms with Crippen molar-refractivity contribution in [1.29, 1.82) is 0 Å². The van der Waals surface area contributed by atoms with Crippen molar-refractivity contribution >= 4 is 29.1 Å². The molecule has 1 aliphatic heterocycles. The predicted molar refractivity (Wildman–Crippen MR) is 90.6 cm³/mol. The van der Waals surface area contributed by atoms with Gasteiger partial charge in [0.1, 0.15) is 0 Å². The van der Waals surface area contributed by atoms with Crippen LogP contribution in [0.2, 0.25) is 5.02 Å². The summed E-state index contributed by atoms with van der Waals surface area (Å²) in [6.07, 6.45) is 1.13. The lowest BCUT2D eigenvalue weighted by Crippen LogP contribution is -2.27. The fraction of sp³-hybridized carbons (Fsp3) is 0.222. The van der Waals surface area contributed by atoms with E-state index in [1.165, 1.54) is 0 Å².